The molecular weight excluding hydrogens is 360 g/mol. The standard InChI is InChI=1S/C21H26N2O3S/c1-15-8-4-5-9-16(15)14-22-21(25)18(12-13-27-3)23-20(24)17-10-6-7-11-19(17)26-2/h4-11,18H,12-14H2,1-3H3,(H,22,25)(H,23,24). The normalized spacial score (nSPS) is 11.5. The fraction of sp³-hybridized carbons (Fsp3) is 0.333. The number of benzene rings is 2. The van der Waals surface area contributed by atoms with Gasteiger partial charge in [-0.1, -0.05) is 36.4 Å². The topological polar surface area (TPSA) is 67.4 Å². The summed E-state index contributed by atoms with van der Waals surface area (Å²) < 4.78 is 5.24. The molecule has 2 aromatic rings. The van der Waals surface area contributed by atoms with Crippen LogP contribution < -0.4 is 15.4 Å². The summed E-state index contributed by atoms with van der Waals surface area (Å²) >= 11 is 1.64. The van der Waals surface area contributed by atoms with Crippen LogP contribution in [-0.4, -0.2) is 37.0 Å². The maximum absolute atomic E-state index is 12.7. The number of ether oxygens (including phenoxy) is 1. The minimum atomic E-state index is -0.598. The number of aryl methyl sites for hydroxylation is 1. The van der Waals surface area contributed by atoms with E-state index in [1.807, 2.05) is 37.4 Å². The Labute approximate surface area is 164 Å². The van der Waals surface area contributed by atoms with E-state index in [2.05, 4.69) is 10.6 Å². The monoisotopic (exact) mass is 386 g/mol. The SMILES string of the molecule is COc1ccccc1C(=O)NC(CCSC)C(=O)NCc1ccccc1C. The summed E-state index contributed by atoms with van der Waals surface area (Å²) in [7, 11) is 1.52. The van der Waals surface area contributed by atoms with Crippen LogP contribution in [-0.2, 0) is 11.3 Å². The van der Waals surface area contributed by atoms with Crippen molar-refractivity contribution < 1.29 is 14.3 Å². The molecule has 0 aliphatic rings. The van der Waals surface area contributed by atoms with Gasteiger partial charge in [0.15, 0.2) is 0 Å². The third-order valence-corrected chi connectivity index (χ3v) is 4.94. The molecule has 5 nitrogen and oxygen atoms in total. The first-order chi connectivity index (χ1) is 13.1. The first-order valence-electron chi connectivity index (χ1n) is 8.81. The van der Waals surface area contributed by atoms with Crippen molar-refractivity contribution in [2.45, 2.75) is 25.9 Å². The molecule has 2 amide bonds. The van der Waals surface area contributed by atoms with Crippen molar-refractivity contribution in [3.63, 3.8) is 0 Å². The Bertz CT molecular complexity index is 780. The number of thioether (sulfide) groups is 1. The Morgan fingerprint density at radius 2 is 1.81 bits per heavy atom. The molecule has 6 heteroatoms. The fourth-order valence-corrected chi connectivity index (χ4v) is 3.16. The van der Waals surface area contributed by atoms with Crippen molar-refractivity contribution >= 4 is 23.6 Å². The van der Waals surface area contributed by atoms with Gasteiger partial charge < -0.3 is 15.4 Å². The van der Waals surface area contributed by atoms with Crippen LogP contribution in [0.2, 0.25) is 0 Å². The molecule has 0 heterocycles. The van der Waals surface area contributed by atoms with Gasteiger partial charge in [0.05, 0.1) is 12.7 Å². The molecule has 2 N–H and O–H groups in total. The Kier molecular flexibility index (Phi) is 8.20. The molecule has 0 saturated carbocycles. The van der Waals surface area contributed by atoms with Gasteiger partial charge in [-0.05, 0) is 48.6 Å². The highest BCUT2D eigenvalue weighted by molar-refractivity contribution is 7.98. The number of carbonyl (C=O) groups is 2. The number of para-hydroxylation sites is 1. The second-order valence-corrected chi connectivity index (χ2v) is 7.14. The smallest absolute Gasteiger partial charge is 0.255 e. The Balaban J connectivity index is 2.06. The van der Waals surface area contributed by atoms with Crippen LogP contribution in [0.15, 0.2) is 48.5 Å². The van der Waals surface area contributed by atoms with E-state index in [4.69, 9.17) is 4.74 Å². The molecule has 2 rings (SSSR count). The van der Waals surface area contributed by atoms with Gasteiger partial charge >= 0.3 is 0 Å². The van der Waals surface area contributed by atoms with E-state index in [0.29, 0.717) is 24.3 Å². The van der Waals surface area contributed by atoms with Gasteiger partial charge in [0.25, 0.3) is 5.91 Å². The summed E-state index contributed by atoms with van der Waals surface area (Å²) in [5.74, 6) is 0.758. The van der Waals surface area contributed by atoms with E-state index in [0.717, 1.165) is 16.9 Å². The van der Waals surface area contributed by atoms with Crippen molar-refractivity contribution in [3.05, 3.63) is 65.2 Å². The molecule has 0 aliphatic heterocycles. The van der Waals surface area contributed by atoms with E-state index >= 15 is 0 Å². The van der Waals surface area contributed by atoms with Crippen molar-refractivity contribution in [3.8, 4) is 5.75 Å². The van der Waals surface area contributed by atoms with Gasteiger partial charge in [-0.2, -0.15) is 11.8 Å². The summed E-state index contributed by atoms with van der Waals surface area (Å²) in [6.45, 7) is 2.45. The molecular formula is C21H26N2O3S. The third-order valence-electron chi connectivity index (χ3n) is 4.30. The van der Waals surface area contributed by atoms with Crippen LogP contribution in [0.25, 0.3) is 0 Å². The number of amides is 2. The van der Waals surface area contributed by atoms with Crippen LogP contribution in [0, 0.1) is 6.92 Å². The highest BCUT2D eigenvalue weighted by Crippen LogP contribution is 2.17. The number of hydrogen-bond acceptors (Lipinski definition) is 4. The highest BCUT2D eigenvalue weighted by Gasteiger charge is 2.22. The number of carbonyl (C=O) groups excluding carboxylic acids is 2. The molecule has 0 bridgehead atoms. The lowest BCUT2D eigenvalue weighted by Crippen LogP contribution is -2.47. The average molecular weight is 387 g/mol. The lowest BCUT2D eigenvalue weighted by atomic mass is 10.1. The number of methoxy groups -OCH3 is 1. The maximum atomic E-state index is 12.7. The van der Waals surface area contributed by atoms with Crippen molar-refractivity contribution in [2.75, 3.05) is 19.1 Å². The van der Waals surface area contributed by atoms with Crippen LogP contribution in [0.4, 0.5) is 0 Å². The predicted molar refractivity (Wildman–Crippen MR) is 110 cm³/mol. The highest BCUT2D eigenvalue weighted by atomic mass is 32.2. The zero-order valence-electron chi connectivity index (χ0n) is 16.0. The number of nitrogens with one attached hydrogen (secondary N) is 2. The van der Waals surface area contributed by atoms with Crippen molar-refractivity contribution in [1.82, 2.24) is 10.6 Å². The van der Waals surface area contributed by atoms with Crippen LogP contribution in [0.1, 0.15) is 27.9 Å². The first kappa shape index (κ1) is 20.8. The molecule has 0 aliphatic carbocycles. The third kappa shape index (κ3) is 6.03. The summed E-state index contributed by atoms with van der Waals surface area (Å²) in [5.41, 5.74) is 2.60. The van der Waals surface area contributed by atoms with E-state index in [-0.39, 0.29) is 11.8 Å². The zero-order chi connectivity index (χ0) is 19.6. The summed E-state index contributed by atoms with van der Waals surface area (Å²) in [6, 6.07) is 14.3. The van der Waals surface area contributed by atoms with E-state index in [1.54, 1.807) is 36.0 Å². The van der Waals surface area contributed by atoms with Gasteiger partial charge in [-0.3, -0.25) is 9.59 Å². The minimum Gasteiger partial charge on any atom is -0.496 e. The fourth-order valence-electron chi connectivity index (χ4n) is 2.69. The molecule has 2 aromatic carbocycles. The molecule has 1 atom stereocenters. The Morgan fingerprint density at radius 3 is 2.52 bits per heavy atom. The van der Waals surface area contributed by atoms with E-state index in [9.17, 15) is 9.59 Å². The first-order valence-corrected chi connectivity index (χ1v) is 10.2. The Morgan fingerprint density at radius 1 is 1.11 bits per heavy atom. The molecule has 0 spiro atoms. The molecule has 0 aromatic heterocycles. The van der Waals surface area contributed by atoms with E-state index < -0.39 is 6.04 Å². The summed E-state index contributed by atoms with van der Waals surface area (Å²) in [6.07, 6.45) is 2.53. The quantitative estimate of drug-likeness (QED) is 0.695. The van der Waals surface area contributed by atoms with Crippen molar-refractivity contribution in [2.24, 2.45) is 0 Å². The molecule has 0 saturated heterocycles. The average Bonchev–Trinajstić information content (AvgIpc) is 2.70. The minimum absolute atomic E-state index is 0.185. The van der Waals surface area contributed by atoms with Crippen LogP contribution >= 0.6 is 11.8 Å². The molecule has 27 heavy (non-hydrogen) atoms. The maximum Gasteiger partial charge on any atom is 0.255 e. The lowest BCUT2D eigenvalue weighted by molar-refractivity contribution is -0.123. The van der Waals surface area contributed by atoms with Gasteiger partial charge in [-0.15, -0.1) is 0 Å². The second-order valence-electron chi connectivity index (χ2n) is 6.15. The number of hydrogen-bond donors (Lipinski definition) is 2. The number of rotatable bonds is 9. The van der Waals surface area contributed by atoms with Gasteiger partial charge in [0, 0.05) is 6.54 Å². The summed E-state index contributed by atoms with van der Waals surface area (Å²) in [4.78, 5) is 25.3. The molecule has 144 valence electrons. The molecule has 1 unspecified atom stereocenters. The second kappa shape index (κ2) is 10.6. The predicted octanol–water partition coefficient (Wildman–Crippen LogP) is 3.17. The zero-order valence-corrected chi connectivity index (χ0v) is 16.8. The Hall–Kier alpha value is -2.47. The van der Waals surface area contributed by atoms with Gasteiger partial charge in [0.1, 0.15) is 11.8 Å². The van der Waals surface area contributed by atoms with Gasteiger partial charge in [0.2, 0.25) is 5.91 Å². The lowest BCUT2D eigenvalue weighted by Gasteiger charge is -2.19. The van der Waals surface area contributed by atoms with Crippen LogP contribution in [0.3, 0.4) is 0 Å². The molecule has 0 fully saturated rings. The largest absolute Gasteiger partial charge is 0.496 e. The van der Waals surface area contributed by atoms with E-state index in [1.165, 1.54) is 7.11 Å². The molecule has 0 radical (unpaired) electrons. The van der Waals surface area contributed by atoms with Gasteiger partial charge in [-0.25, -0.2) is 0 Å². The van der Waals surface area contributed by atoms with Crippen LogP contribution in [0.5, 0.6) is 5.75 Å². The summed E-state index contributed by atoms with van der Waals surface area (Å²) in [5, 5.41) is 5.79. The van der Waals surface area contributed by atoms with Crippen molar-refractivity contribution in [1.29, 1.82) is 0 Å².